The molecule has 0 spiro atoms. The molecule has 0 aliphatic carbocycles. The van der Waals surface area contributed by atoms with Crippen molar-refractivity contribution in [1.29, 1.82) is 0 Å². The lowest BCUT2D eigenvalue weighted by Gasteiger charge is -2.31. The fourth-order valence-electron chi connectivity index (χ4n) is 2.66. The molecule has 9 nitrogen and oxygen atoms in total. The van der Waals surface area contributed by atoms with E-state index in [0.717, 1.165) is 0 Å². The molecule has 0 bridgehead atoms. The minimum atomic E-state index is -1.47. The van der Waals surface area contributed by atoms with Gasteiger partial charge in [-0.15, -0.1) is 0 Å². The average molecular weight is 329 g/mol. The van der Waals surface area contributed by atoms with Crippen molar-refractivity contribution in [3.63, 3.8) is 0 Å². The minimum Gasteiger partial charge on any atom is -0.480 e. The molecule has 0 radical (unpaired) electrons. The second-order valence-electron chi connectivity index (χ2n) is 6.36. The van der Waals surface area contributed by atoms with Gasteiger partial charge in [-0.25, -0.2) is 4.79 Å². The molecule has 2 fully saturated rings. The predicted octanol–water partition coefficient (Wildman–Crippen LogP) is -1.75. The fraction of sp³-hybridized carbons (Fsp3) is 0.786. The highest BCUT2D eigenvalue weighted by Gasteiger charge is 2.46. The van der Waals surface area contributed by atoms with E-state index < -0.39 is 36.2 Å². The van der Waals surface area contributed by atoms with Crippen LogP contribution in [-0.2, 0) is 19.1 Å². The lowest BCUT2D eigenvalue weighted by Crippen LogP contribution is -2.55. The fourth-order valence-corrected chi connectivity index (χ4v) is 2.66. The Hall–Kier alpha value is -1.71. The van der Waals surface area contributed by atoms with Crippen molar-refractivity contribution < 1.29 is 29.3 Å². The Balaban J connectivity index is 1.91. The molecule has 2 aliphatic heterocycles. The van der Waals surface area contributed by atoms with Crippen molar-refractivity contribution >= 4 is 17.8 Å². The minimum absolute atomic E-state index is 0.00838. The monoisotopic (exact) mass is 329 g/mol. The van der Waals surface area contributed by atoms with Gasteiger partial charge in [-0.2, -0.15) is 0 Å². The third-order valence-electron chi connectivity index (χ3n) is 4.24. The van der Waals surface area contributed by atoms with Crippen molar-refractivity contribution in [3.8, 4) is 0 Å². The number of hydrogen-bond donors (Lipinski definition) is 4. The second-order valence-corrected chi connectivity index (χ2v) is 6.36. The molecular formula is C14H23N3O6. The zero-order chi connectivity index (χ0) is 17.3. The van der Waals surface area contributed by atoms with Crippen LogP contribution in [0.15, 0.2) is 0 Å². The molecule has 0 aromatic heterocycles. The van der Waals surface area contributed by atoms with Crippen molar-refractivity contribution in [2.45, 2.75) is 57.2 Å². The molecule has 0 aromatic rings. The smallest absolute Gasteiger partial charge is 0.328 e. The standard InChI is InChI=1S/C14H23N3O6/c1-6(2)11(15)13(20)16-12(14(21)22)8(18)3-7-5-17-9(19)4-10(17)23-7/h6-8,10-12,18H,3-5,15H2,1-2H3,(H,16,20)(H,21,22). The molecule has 2 aliphatic rings. The van der Waals surface area contributed by atoms with E-state index in [9.17, 15) is 24.6 Å². The maximum atomic E-state index is 11.9. The Labute approximate surface area is 133 Å². The van der Waals surface area contributed by atoms with Gasteiger partial charge in [-0.05, 0) is 5.92 Å². The highest BCUT2D eigenvalue weighted by atomic mass is 16.5. The summed E-state index contributed by atoms with van der Waals surface area (Å²) in [5.41, 5.74) is 5.68. The van der Waals surface area contributed by atoms with Crippen molar-refractivity contribution in [3.05, 3.63) is 0 Å². The summed E-state index contributed by atoms with van der Waals surface area (Å²) in [6.07, 6.45) is -1.73. The largest absolute Gasteiger partial charge is 0.480 e. The summed E-state index contributed by atoms with van der Waals surface area (Å²) in [4.78, 5) is 36.0. The number of rotatable bonds is 7. The maximum Gasteiger partial charge on any atom is 0.328 e. The van der Waals surface area contributed by atoms with Gasteiger partial charge in [0.1, 0.15) is 6.23 Å². The summed E-state index contributed by atoms with van der Waals surface area (Å²) in [5.74, 6) is -2.15. The Morgan fingerprint density at radius 2 is 2.13 bits per heavy atom. The van der Waals surface area contributed by atoms with Crippen LogP contribution in [0.25, 0.3) is 0 Å². The Morgan fingerprint density at radius 1 is 1.48 bits per heavy atom. The molecule has 0 aromatic carbocycles. The van der Waals surface area contributed by atoms with Gasteiger partial charge in [-0.3, -0.25) is 9.59 Å². The molecule has 9 heteroatoms. The number of carbonyl (C=O) groups excluding carboxylic acids is 2. The van der Waals surface area contributed by atoms with E-state index in [4.69, 9.17) is 10.5 Å². The van der Waals surface area contributed by atoms with Gasteiger partial charge in [0.05, 0.1) is 24.7 Å². The van der Waals surface area contributed by atoms with E-state index >= 15 is 0 Å². The number of hydrogen-bond acceptors (Lipinski definition) is 6. The van der Waals surface area contributed by atoms with Crippen molar-refractivity contribution in [2.24, 2.45) is 11.7 Å². The van der Waals surface area contributed by atoms with E-state index in [0.29, 0.717) is 13.0 Å². The topological polar surface area (TPSA) is 142 Å². The lowest BCUT2D eigenvalue weighted by atomic mass is 10.0. The van der Waals surface area contributed by atoms with E-state index in [-0.39, 0.29) is 24.5 Å². The molecular weight excluding hydrogens is 306 g/mol. The zero-order valence-electron chi connectivity index (χ0n) is 13.1. The number of carboxylic acids is 1. The summed E-state index contributed by atoms with van der Waals surface area (Å²) < 4.78 is 5.54. The van der Waals surface area contributed by atoms with Crippen LogP contribution in [0, 0.1) is 5.92 Å². The Kier molecular flexibility index (Phi) is 5.23. The van der Waals surface area contributed by atoms with Gasteiger partial charge in [0.2, 0.25) is 11.8 Å². The average Bonchev–Trinajstić information content (AvgIpc) is 2.79. The molecule has 2 saturated heterocycles. The third kappa shape index (κ3) is 3.80. The van der Waals surface area contributed by atoms with E-state index in [1.807, 2.05) is 0 Å². The number of carbonyl (C=O) groups is 3. The van der Waals surface area contributed by atoms with Crippen molar-refractivity contribution in [2.75, 3.05) is 6.54 Å². The summed E-state index contributed by atoms with van der Waals surface area (Å²) in [5, 5.41) is 21.6. The van der Waals surface area contributed by atoms with E-state index in [1.54, 1.807) is 18.7 Å². The number of aliphatic hydroxyl groups excluding tert-OH is 1. The first-order valence-electron chi connectivity index (χ1n) is 7.62. The van der Waals surface area contributed by atoms with Gasteiger partial charge in [0.25, 0.3) is 0 Å². The van der Waals surface area contributed by atoms with Gasteiger partial charge in [0.15, 0.2) is 6.04 Å². The maximum absolute atomic E-state index is 11.9. The lowest BCUT2D eigenvalue weighted by molar-refractivity contribution is -0.157. The van der Waals surface area contributed by atoms with Gasteiger partial charge >= 0.3 is 5.97 Å². The van der Waals surface area contributed by atoms with Crippen LogP contribution in [-0.4, -0.2) is 70.0 Å². The first kappa shape index (κ1) is 17.6. The molecule has 2 heterocycles. The molecule has 0 saturated carbocycles. The number of aliphatic hydroxyl groups is 1. The number of ether oxygens (including phenoxy) is 1. The highest BCUT2D eigenvalue weighted by molar-refractivity contribution is 5.87. The number of nitrogens with zero attached hydrogens (tertiary/aromatic N) is 1. The van der Waals surface area contributed by atoms with Gasteiger partial charge < -0.3 is 30.9 Å². The molecule has 23 heavy (non-hydrogen) atoms. The van der Waals surface area contributed by atoms with Crippen LogP contribution >= 0.6 is 0 Å². The molecule has 5 atom stereocenters. The summed E-state index contributed by atoms with van der Waals surface area (Å²) >= 11 is 0. The normalized spacial score (nSPS) is 27.2. The number of nitrogens with one attached hydrogen (secondary N) is 1. The third-order valence-corrected chi connectivity index (χ3v) is 4.24. The number of aliphatic carboxylic acids is 1. The van der Waals surface area contributed by atoms with E-state index in [2.05, 4.69) is 5.32 Å². The first-order valence-corrected chi connectivity index (χ1v) is 7.62. The molecule has 130 valence electrons. The number of carboxylic acid groups (broad SMARTS) is 1. The summed E-state index contributed by atoms with van der Waals surface area (Å²) in [7, 11) is 0. The summed E-state index contributed by atoms with van der Waals surface area (Å²) in [6, 6.07) is -2.33. The van der Waals surface area contributed by atoms with Crippen LogP contribution in [0.3, 0.4) is 0 Å². The number of β-lactam (4-membered cyclic amide) rings is 1. The first-order chi connectivity index (χ1) is 10.7. The molecule has 5 unspecified atom stereocenters. The summed E-state index contributed by atoms with van der Waals surface area (Å²) in [6.45, 7) is 3.81. The highest BCUT2D eigenvalue weighted by Crippen LogP contribution is 2.30. The van der Waals surface area contributed by atoms with Crippen LogP contribution < -0.4 is 11.1 Å². The molecule has 2 rings (SSSR count). The van der Waals surface area contributed by atoms with E-state index in [1.165, 1.54) is 0 Å². The van der Waals surface area contributed by atoms with Crippen LogP contribution in [0.2, 0.25) is 0 Å². The van der Waals surface area contributed by atoms with Gasteiger partial charge in [0, 0.05) is 13.0 Å². The number of nitrogens with two attached hydrogens (primary N) is 1. The molecule has 2 amide bonds. The van der Waals surface area contributed by atoms with Gasteiger partial charge in [-0.1, -0.05) is 13.8 Å². The second kappa shape index (κ2) is 6.81. The van der Waals surface area contributed by atoms with Crippen LogP contribution in [0.4, 0.5) is 0 Å². The zero-order valence-corrected chi connectivity index (χ0v) is 13.1. The van der Waals surface area contributed by atoms with Crippen molar-refractivity contribution in [1.82, 2.24) is 10.2 Å². The quantitative estimate of drug-likeness (QED) is 0.406. The number of amides is 2. The SMILES string of the molecule is CC(C)C(N)C(=O)NC(C(=O)O)C(O)CC1CN2C(=O)CC2O1. The number of fused-ring (bicyclic) bond motifs is 1. The van der Waals surface area contributed by atoms with Crippen LogP contribution in [0.5, 0.6) is 0 Å². The Morgan fingerprint density at radius 3 is 2.61 bits per heavy atom. The molecule has 5 N–H and O–H groups in total. The predicted molar refractivity (Wildman–Crippen MR) is 78.0 cm³/mol. The Bertz CT molecular complexity index is 497. The van der Waals surface area contributed by atoms with Crippen LogP contribution in [0.1, 0.15) is 26.7 Å².